The Balaban J connectivity index is 1.75. The highest BCUT2D eigenvalue weighted by atomic mass is 15.3. The van der Waals surface area contributed by atoms with Gasteiger partial charge in [-0.1, -0.05) is 0 Å². The van der Waals surface area contributed by atoms with Gasteiger partial charge in [0.2, 0.25) is 0 Å². The lowest BCUT2D eigenvalue weighted by Crippen LogP contribution is -2.52. The van der Waals surface area contributed by atoms with Gasteiger partial charge in [-0.3, -0.25) is 4.90 Å². The quantitative estimate of drug-likeness (QED) is 0.849. The van der Waals surface area contributed by atoms with Crippen LogP contribution in [0.25, 0.3) is 0 Å². The average molecular weight is 325 g/mol. The fourth-order valence-electron chi connectivity index (χ4n) is 3.10. The zero-order valence-electron chi connectivity index (χ0n) is 14.7. The van der Waals surface area contributed by atoms with Crippen molar-refractivity contribution in [1.29, 1.82) is 5.26 Å². The summed E-state index contributed by atoms with van der Waals surface area (Å²) >= 11 is 0. The minimum absolute atomic E-state index is 0.352. The van der Waals surface area contributed by atoms with Crippen molar-refractivity contribution in [3.63, 3.8) is 0 Å². The predicted octanol–water partition coefficient (Wildman–Crippen LogP) is 1.41. The molecule has 0 aliphatic carbocycles. The molecule has 1 atom stereocenters. The van der Waals surface area contributed by atoms with Crippen LogP contribution >= 0.6 is 0 Å². The summed E-state index contributed by atoms with van der Waals surface area (Å²) in [6.45, 7) is 9.44. The fourth-order valence-corrected chi connectivity index (χ4v) is 3.10. The molecular weight excluding hydrogens is 302 g/mol. The summed E-state index contributed by atoms with van der Waals surface area (Å²) < 4.78 is 2.06. The summed E-state index contributed by atoms with van der Waals surface area (Å²) in [5.41, 5.74) is 2.38. The standard InChI is InChI=1S/C17H23N7/c1-12-10-24(17-15(9-18)13(2)14(3)20-21-17)8-7-23(12)11-16-19-5-6-22(16)4/h5-6,12H,7-8,10-11H2,1-4H3. The van der Waals surface area contributed by atoms with Crippen LogP contribution < -0.4 is 4.90 Å². The molecule has 7 nitrogen and oxygen atoms in total. The van der Waals surface area contributed by atoms with Crippen molar-refractivity contribution < 1.29 is 0 Å². The number of aromatic nitrogens is 4. The number of hydrogen-bond donors (Lipinski definition) is 0. The van der Waals surface area contributed by atoms with E-state index in [1.807, 2.05) is 33.3 Å². The van der Waals surface area contributed by atoms with Crippen LogP contribution in [0.15, 0.2) is 12.4 Å². The second-order valence-electron chi connectivity index (χ2n) is 6.44. The summed E-state index contributed by atoms with van der Waals surface area (Å²) in [6.07, 6.45) is 3.81. The molecule has 126 valence electrons. The van der Waals surface area contributed by atoms with Gasteiger partial charge in [-0.15, -0.1) is 5.10 Å². The predicted molar refractivity (Wildman–Crippen MR) is 91.5 cm³/mol. The van der Waals surface area contributed by atoms with Crippen LogP contribution in [0, 0.1) is 25.2 Å². The van der Waals surface area contributed by atoms with E-state index in [1.165, 1.54) is 0 Å². The fraction of sp³-hybridized carbons (Fsp3) is 0.529. The minimum Gasteiger partial charge on any atom is -0.351 e. The Hall–Kier alpha value is -2.46. The highest BCUT2D eigenvalue weighted by Gasteiger charge is 2.27. The molecule has 0 N–H and O–H groups in total. The normalized spacial score (nSPS) is 18.6. The lowest BCUT2D eigenvalue weighted by atomic mass is 10.1. The van der Waals surface area contributed by atoms with Gasteiger partial charge in [-0.2, -0.15) is 10.4 Å². The van der Waals surface area contributed by atoms with Gasteiger partial charge in [-0.25, -0.2) is 4.98 Å². The molecule has 1 aliphatic heterocycles. The summed E-state index contributed by atoms with van der Waals surface area (Å²) in [4.78, 5) is 9.01. The lowest BCUT2D eigenvalue weighted by Gasteiger charge is -2.40. The first-order chi connectivity index (χ1) is 11.5. The molecule has 0 amide bonds. The highest BCUT2D eigenvalue weighted by molar-refractivity contribution is 5.57. The van der Waals surface area contributed by atoms with Crippen molar-refractivity contribution in [1.82, 2.24) is 24.6 Å². The van der Waals surface area contributed by atoms with Gasteiger partial charge in [0.1, 0.15) is 17.5 Å². The molecular formula is C17H23N7. The monoisotopic (exact) mass is 325 g/mol. The van der Waals surface area contributed by atoms with E-state index in [1.54, 1.807) is 0 Å². The van der Waals surface area contributed by atoms with Crippen molar-refractivity contribution in [3.8, 4) is 6.07 Å². The Morgan fingerprint density at radius 1 is 1.29 bits per heavy atom. The molecule has 1 unspecified atom stereocenters. The molecule has 3 rings (SSSR count). The largest absolute Gasteiger partial charge is 0.351 e. The van der Waals surface area contributed by atoms with E-state index in [4.69, 9.17) is 0 Å². The van der Waals surface area contributed by atoms with Crippen LogP contribution in [-0.2, 0) is 13.6 Å². The van der Waals surface area contributed by atoms with E-state index in [9.17, 15) is 5.26 Å². The third-order valence-corrected chi connectivity index (χ3v) is 4.88. The second-order valence-corrected chi connectivity index (χ2v) is 6.44. The van der Waals surface area contributed by atoms with Gasteiger partial charge < -0.3 is 9.47 Å². The Morgan fingerprint density at radius 2 is 2.08 bits per heavy atom. The molecule has 0 spiro atoms. The number of aryl methyl sites for hydroxylation is 2. The maximum atomic E-state index is 9.51. The van der Waals surface area contributed by atoms with Gasteiger partial charge in [0.05, 0.1) is 12.2 Å². The first-order valence-corrected chi connectivity index (χ1v) is 8.20. The first-order valence-electron chi connectivity index (χ1n) is 8.20. The third kappa shape index (κ3) is 2.97. The Labute approximate surface area is 142 Å². The maximum absolute atomic E-state index is 9.51. The van der Waals surface area contributed by atoms with E-state index in [-0.39, 0.29) is 0 Å². The highest BCUT2D eigenvalue weighted by Crippen LogP contribution is 2.24. The SMILES string of the molecule is Cc1nnc(N2CCN(Cc3nccn3C)C(C)C2)c(C#N)c1C. The number of hydrogen-bond acceptors (Lipinski definition) is 6. The summed E-state index contributed by atoms with van der Waals surface area (Å²) in [6, 6.07) is 2.65. The van der Waals surface area contributed by atoms with E-state index in [0.29, 0.717) is 17.4 Å². The molecule has 1 saturated heterocycles. The molecule has 24 heavy (non-hydrogen) atoms. The van der Waals surface area contributed by atoms with Crippen molar-refractivity contribution >= 4 is 5.82 Å². The molecule has 7 heteroatoms. The summed E-state index contributed by atoms with van der Waals surface area (Å²) in [5, 5.41) is 18.0. The average Bonchev–Trinajstić information content (AvgIpc) is 2.97. The lowest BCUT2D eigenvalue weighted by molar-refractivity contribution is 0.174. The molecule has 2 aromatic heterocycles. The zero-order chi connectivity index (χ0) is 17.3. The van der Waals surface area contributed by atoms with Crippen LogP contribution in [0.3, 0.4) is 0 Å². The number of piperazine rings is 1. The zero-order valence-corrected chi connectivity index (χ0v) is 14.7. The van der Waals surface area contributed by atoms with Crippen LogP contribution in [0.2, 0.25) is 0 Å². The summed E-state index contributed by atoms with van der Waals surface area (Å²) in [7, 11) is 2.02. The number of rotatable bonds is 3. The van der Waals surface area contributed by atoms with Crippen LogP contribution in [-0.4, -0.2) is 50.3 Å². The van der Waals surface area contributed by atoms with Crippen molar-refractivity contribution in [2.24, 2.45) is 7.05 Å². The maximum Gasteiger partial charge on any atom is 0.169 e. The second kappa shape index (κ2) is 6.57. The van der Waals surface area contributed by atoms with Crippen molar-refractivity contribution in [3.05, 3.63) is 35.0 Å². The molecule has 0 bridgehead atoms. The van der Waals surface area contributed by atoms with Gasteiger partial charge in [-0.05, 0) is 26.3 Å². The minimum atomic E-state index is 0.352. The van der Waals surface area contributed by atoms with Crippen LogP contribution in [0.4, 0.5) is 5.82 Å². The summed E-state index contributed by atoms with van der Waals surface area (Å²) in [5.74, 6) is 1.78. The Kier molecular flexibility index (Phi) is 4.49. The van der Waals surface area contributed by atoms with Crippen LogP contribution in [0.5, 0.6) is 0 Å². The Morgan fingerprint density at radius 3 is 2.71 bits per heavy atom. The van der Waals surface area contributed by atoms with E-state index in [2.05, 4.69) is 42.5 Å². The number of anilines is 1. The van der Waals surface area contributed by atoms with Crippen molar-refractivity contribution in [2.75, 3.05) is 24.5 Å². The molecule has 0 saturated carbocycles. The molecule has 0 radical (unpaired) electrons. The molecule has 2 aromatic rings. The smallest absolute Gasteiger partial charge is 0.169 e. The van der Waals surface area contributed by atoms with Gasteiger partial charge in [0.25, 0.3) is 0 Å². The number of nitrogens with zero attached hydrogens (tertiary/aromatic N) is 7. The van der Waals surface area contributed by atoms with E-state index < -0.39 is 0 Å². The van der Waals surface area contributed by atoms with Gasteiger partial charge in [0, 0.05) is 45.1 Å². The third-order valence-electron chi connectivity index (χ3n) is 4.88. The van der Waals surface area contributed by atoms with Crippen LogP contribution in [0.1, 0.15) is 29.6 Å². The number of nitriles is 1. The molecule has 1 fully saturated rings. The topological polar surface area (TPSA) is 73.9 Å². The van der Waals surface area contributed by atoms with Gasteiger partial charge in [0.15, 0.2) is 5.82 Å². The van der Waals surface area contributed by atoms with E-state index in [0.717, 1.165) is 43.3 Å². The molecule has 0 aromatic carbocycles. The van der Waals surface area contributed by atoms with E-state index >= 15 is 0 Å². The first kappa shape index (κ1) is 16.4. The Bertz CT molecular complexity index is 774. The van der Waals surface area contributed by atoms with Gasteiger partial charge >= 0.3 is 0 Å². The van der Waals surface area contributed by atoms with Crippen molar-refractivity contribution in [2.45, 2.75) is 33.4 Å². The molecule has 1 aliphatic rings. The molecule has 3 heterocycles. The number of imidazole rings is 1.